The van der Waals surface area contributed by atoms with Crippen LogP contribution < -0.4 is 5.32 Å². The average Bonchev–Trinajstić information content (AvgIpc) is 2.81. The van der Waals surface area contributed by atoms with Gasteiger partial charge in [0, 0.05) is 34.8 Å². The monoisotopic (exact) mass is 229 g/mol. The first-order valence-electron chi connectivity index (χ1n) is 5.68. The first-order chi connectivity index (χ1) is 7.08. The third-order valence-corrected chi connectivity index (χ3v) is 5.04. The Morgan fingerprint density at radius 1 is 1.40 bits per heavy atom. The van der Waals surface area contributed by atoms with Crippen LogP contribution in [0.25, 0.3) is 0 Å². The van der Waals surface area contributed by atoms with Crippen LogP contribution >= 0.6 is 0 Å². The van der Waals surface area contributed by atoms with Crippen molar-refractivity contribution in [2.45, 2.75) is 31.4 Å². The van der Waals surface area contributed by atoms with Gasteiger partial charge in [-0.2, -0.15) is 0 Å². The first kappa shape index (κ1) is 11.1. The van der Waals surface area contributed by atoms with Crippen LogP contribution in [-0.4, -0.2) is 28.2 Å². The van der Waals surface area contributed by atoms with Crippen molar-refractivity contribution < 1.29 is 9.00 Å². The molecule has 2 rings (SSSR count). The van der Waals surface area contributed by atoms with Crippen LogP contribution in [0.3, 0.4) is 0 Å². The maximum absolute atomic E-state index is 11.7. The lowest BCUT2D eigenvalue weighted by atomic mass is 10.0. The molecule has 15 heavy (non-hydrogen) atoms. The van der Waals surface area contributed by atoms with Crippen molar-refractivity contribution in [2.75, 3.05) is 12.8 Å². The van der Waals surface area contributed by atoms with Crippen LogP contribution in [0, 0.1) is 17.8 Å². The summed E-state index contributed by atoms with van der Waals surface area (Å²) >= 11 is 0. The molecule has 3 nitrogen and oxygen atoms in total. The average molecular weight is 229 g/mol. The van der Waals surface area contributed by atoms with E-state index in [0.29, 0.717) is 6.54 Å². The fraction of sp³-hybridized carbons (Fsp3) is 0.909. The Morgan fingerprint density at radius 3 is 2.53 bits per heavy atom. The molecule has 1 N–H and O–H groups in total. The van der Waals surface area contributed by atoms with Gasteiger partial charge < -0.3 is 5.32 Å². The molecule has 0 aromatic rings. The molecule has 0 heterocycles. The molecule has 86 valence electrons. The molecular formula is C11H19NO2S. The maximum Gasteiger partial charge on any atom is 0.223 e. The van der Waals surface area contributed by atoms with Crippen molar-refractivity contribution >= 4 is 16.7 Å². The van der Waals surface area contributed by atoms with Gasteiger partial charge in [0.2, 0.25) is 5.91 Å². The summed E-state index contributed by atoms with van der Waals surface area (Å²) in [7, 11) is -0.841. The lowest BCUT2D eigenvalue weighted by Crippen LogP contribution is -2.36. The third-order valence-electron chi connectivity index (χ3n) is 3.74. The van der Waals surface area contributed by atoms with Gasteiger partial charge in [0.05, 0.1) is 0 Å². The summed E-state index contributed by atoms with van der Waals surface area (Å²) in [6, 6.07) is 0. The maximum atomic E-state index is 11.7. The zero-order valence-corrected chi connectivity index (χ0v) is 10.2. The Labute approximate surface area is 93.5 Å². The molecule has 1 amide bonds. The SMILES string of the molecule is CC(CNC(=O)C1CC2CC2C1)S(C)=O. The van der Waals surface area contributed by atoms with E-state index < -0.39 is 10.8 Å². The molecule has 4 unspecified atom stereocenters. The topological polar surface area (TPSA) is 46.2 Å². The van der Waals surface area contributed by atoms with Crippen LogP contribution in [-0.2, 0) is 15.6 Å². The molecule has 2 saturated carbocycles. The molecule has 2 fully saturated rings. The van der Waals surface area contributed by atoms with Gasteiger partial charge in [0.25, 0.3) is 0 Å². The van der Waals surface area contributed by atoms with Crippen LogP contribution in [0.15, 0.2) is 0 Å². The molecule has 0 aromatic carbocycles. The summed E-state index contributed by atoms with van der Waals surface area (Å²) in [4.78, 5) is 11.7. The highest BCUT2D eigenvalue weighted by molar-refractivity contribution is 7.84. The molecule has 0 spiro atoms. The van der Waals surface area contributed by atoms with Crippen LogP contribution in [0.4, 0.5) is 0 Å². The Bertz CT molecular complexity index is 282. The summed E-state index contributed by atoms with van der Waals surface area (Å²) < 4.78 is 11.1. The highest BCUT2D eigenvalue weighted by Gasteiger charge is 2.47. The summed E-state index contributed by atoms with van der Waals surface area (Å²) in [6.45, 7) is 2.45. The van der Waals surface area contributed by atoms with E-state index in [1.165, 1.54) is 6.42 Å². The van der Waals surface area contributed by atoms with E-state index in [4.69, 9.17) is 0 Å². The molecule has 4 atom stereocenters. The van der Waals surface area contributed by atoms with Crippen molar-refractivity contribution in [3.05, 3.63) is 0 Å². The minimum Gasteiger partial charge on any atom is -0.355 e. The van der Waals surface area contributed by atoms with Gasteiger partial charge >= 0.3 is 0 Å². The predicted molar refractivity (Wildman–Crippen MR) is 60.9 cm³/mol. The predicted octanol–water partition coefficient (Wildman–Crippen LogP) is 0.916. The van der Waals surface area contributed by atoms with E-state index in [-0.39, 0.29) is 17.1 Å². The van der Waals surface area contributed by atoms with Gasteiger partial charge in [-0.1, -0.05) is 0 Å². The number of rotatable bonds is 4. The third kappa shape index (κ3) is 2.60. The van der Waals surface area contributed by atoms with Gasteiger partial charge in [0.1, 0.15) is 0 Å². The standard InChI is InChI=1S/C11H19NO2S/c1-7(15(2)14)6-12-11(13)10-4-8-3-9(8)5-10/h7-10H,3-6H2,1-2H3,(H,12,13). The number of hydrogen-bond donors (Lipinski definition) is 1. The van der Waals surface area contributed by atoms with E-state index in [1.54, 1.807) is 6.26 Å². The molecule has 0 aromatic heterocycles. The highest BCUT2D eigenvalue weighted by atomic mass is 32.2. The molecule has 4 heteroatoms. The van der Waals surface area contributed by atoms with Gasteiger partial charge in [-0.05, 0) is 38.0 Å². The molecule has 0 saturated heterocycles. The minimum atomic E-state index is -0.841. The largest absolute Gasteiger partial charge is 0.355 e. The van der Waals surface area contributed by atoms with Gasteiger partial charge in [-0.25, -0.2) is 0 Å². The fourth-order valence-electron chi connectivity index (χ4n) is 2.43. The lowest BCUT2D eigenvalue weighted by Gasteiger charge is -2.14. The molecule has 0 bridgehead atoms. The van der Waals surface area contributed by atoms with Crippen LogP contribution in [0.5, 0.6) is 0 Å². The second-order valence-electron chi connectivity index (χ2n) is 4.98. The first-order valence-corrected chi connectivity index (χ1v) is 7.30. The van der Waals surface area contributed by atoms with Crippen LogP contribution in [0.2, 0.25) is 0 Å². The van der Waals surface area contributed by atoms with Crippen molar-refractivity contribution in [1.29, 1.82) is 0 Å². The number of carbonyl (C=O) groups excluding carboxylic acids is 1. The lowest BCUT2D eigenvalue weighted by molar-refractivity contribution is -0.125. The van der Waals surface area contributed by atoms with E-state index in [1.807, 2.05) is 6.92 Å². The van der Waals surface area contributed by atoms with Gasteiger partial charge in [-0.15, -0.1) is 0 Å². The Hall–Kier alpha value is -0.380. The number of hydrogen-bond acceptors (Lipinski definition) is 2. The Morgan fingerprint density at radius 2 is 2.00 bits per heavy atom. The molecule has 2 aliphatic carbocycles. The molecular weight excluding hydrogens is 210 g/mol. The fourth-order valence-corrected chi connectivity index (χ4v) is 2.75. The smallest absolute Gasteiger partial charge is 0.223 e. The zero-order chi connectivity index (χ0) is 11.0. The quantitative estimate of drug-likeness (QED) is 0.779. The van der Waals surface area contributed by atoms with Crippen LogP contribution in [0.1, 0.15) is 26.2 Å². The Kier molecular flexibility index (Phi) is 3.14. The van der Waals surface area contributed by atoms with Crippen molar-refractivity contribution in [3.63, 3.8) is 0 Å². The van der Waals surface area contributed by atoms with Gasteiger partial charge in [-0.3, -0.25) is 9.00 Å². The number of fused-ring (bicyclic) bond motifs is 1. The highest BCUT2D eigenvalue weighted by Crippen LogP contribution is 2.54. The van der Waals surface area contributed by atoms with E-state index in [0.717, 1.165) is 24.7 Å². The molecule has 2 aliphatic rings. The number of nitrogens with one attached hydrogen (secondary N) is 1. The van der Waals surface area contributed by atoms with Crippen molar-refractivity contribution in [1.82, 2.24) is 5.32 Å². The van der Waals surface area contributed by atoms with Gasteiger partial charge in [0.15, 0.2) is 0 Å². The summed E-state index contributed by atoms with van der Waals surface area (Å²) in [5, 5.41) is 2.97. The summed E-state index contributed by atoms with van der Waals surface area (Å²) in [5.41, 5.74) is 0. The second-order valence-corrected chi connectivity index (χ2v) is 6.78. The van der Waals surface area contributed by atoms with E-state index >= 15 is 0 Å². The van der Waals surface area contributed by atoms with Crippen molar-refractivity contribution in [3.8, 4) is 0 Å². The molecule has 0 radical (unpaired) electrons. The summed E-state index contributed by atoms with van der Waals surface area (Å²) in [5.74, 6) is 2.11. The normalized spacial score (nSPS) is 36.8. The summed E-state index contributed by atoms with van der Waals surface area (Å²) in [6.07, 6.45) is 5.20. The number of carbonyl (C=O) groups is 1. The zero-order valence-electron chi connectivity index (χ0n) is 9.36. The van der Waals surface area contributed by atoms with E-state index in [9.17, 15) is 9.00 Å². The van der Waals surface area contributed by atoms with E-state index in [2.05, 4.69) is 5.32 Å². The minimum absolute atomic E-state index is 0.0601. The number of amides is 1. The second kappa shape index (κ2) is 4.24. The Balaban J connectivity index is 1.70. The molecule has 0 aliphatic heterocycles. The van der Waals surface area contributed by atoms with Crippen molar-refractivity contribution in [2.24, 2.45) is 17.8 Å².